The van der Waals surface area contributed by atoms with Crippen molar-refractivity contribution in [3.8, 4) is 5.75 Å². The molecule has 6 nitrogen and oxygen atoms in total. The van der Waals surface area contributed by atoms with Crippen molar-refractivity contribution in [1.82, 2.24) is 9.97 Å². The van der Waals surface area contributed by atoms with Crippen LogP contribution in [-0.4, -0.2) is 21.5 Å². The second kappa shape index (κ2) is 7.11. The molecule has 0 aliphatic rings. The minimum atomic E-state index is -0.442. The Bertz CT molecular complexity index is 818. The molecular formula is C16H16ClN3O3. The number of imidazole rings is 1. The van der Waals surface area contributed by atoms with Gasteiger partial charge in [0.05, 0.1) is 17.0 Å². The highest BCUT2D eigenvalue weighted by Gasteiger charge is 2.20. The van der Waals surface area contributed by atoms with E-state index in [0.29, 0.717) is 24.1 Å². The maximum atomic E-state index is 11.1. The van der Waals surface area contributed by atoms with Gasteiger partial charge in [-0.05, 0) is 18.6 Å². The molecule has 0 saturated carbocycles. The molecule has 0 atom stereocenters. The topological polar surface area (TPSA) is 81.1 Å². The monoisotopic (exact) mass is 333 g/mol. The fraction of sp³-hybridized carbons (Fsp3) is 0.188. The number of nitrogens with one attached hydrogen (secondary N) is 1. The standard InChI is InChI=1S/C16H15N3O3.ClH/c1-2-22-16-13(19(20)21)9-8-12-15(16)18-14(17-12)10-11-6-4-3-5-7-11;/h3-9H,2,10H2,1H3,(H,17,18);1H. The molecular weight excluding hydrogens is 318 g/mol. The summed E-state index contributed by atoms with van der Waals surface area (Å²) in [5, 5.41) is 11.1. The van der Waals surface area contributed by atoms with Crippen LogP contribution >= 0.6 is 12.4 Å². The van der Waals surface area contributed by atoms with Crippen LogP contribution in [-0.2, 0) is 6.42 Å². The van der Waals surface area contributed by atoms with Gasteiger partial charge in [0.2, 0.25) is 5.75 Å². The van der Waals surface area contributed by atoms with Crippen LogP contribution in [0.4, 0.5) is 5.69 Å². The molecule has 0 unspecified atom stereocenters. The SMILES string of the molecule is CCOc1c([N+](=O)[O-])ccc2nc(Cc3ccccc3)[nH]c12.Cl. The Balaban J connectivity index is 0.00000192. The van der Waals surface area contributed by atoms with Crippen LogP contribution in [0.15, 0.2) is 42.5 Å². The van der Waals surface area contributed by atoms with Gasteiger partial charge in [0.25, 0.3) is 0 Å². The normalized spacial score (nSPS) is 10.3. The van der Waals surface area contributed by atoms with Crippen molar-refractivity contribution in [1.29, 1.82) is 0 Å². The number of nitro groups is 1. The van der Waals surface area contributed by atoms with Crippen molar-refractivity contribution in [2.24, 2.45) is 0 Å². The summed E-state index contributed by atoms with van der Waals surface area (Å²) in [6.45, 7) is 2.15. The maximum absolute atomic E-state index is 11.1. The molecule has 23 heavy (non-hydrogen) atoms. The quantitative estimate of drug-likeness (QED) is 0.567. The molecule has 0 spiro atoms. The summed E-state index contributed by atoms with van der Waals surface area (Å²) in [4.78, 5) is 18.3. The minimum absolute atomic E-state index is 0. The molecule has 3 aromatic rings. The average Bonchev–Trinajstić information content (AvgIpc) is 2.91. The number of aromatic amines is 1. The van der Waals surface area contributed by atoms with Crippen molar-refractivity contribution in [2.75, 3.05) is 6.61 Å². The summed E-state index contributed by atoms with van der Waals surface area (Å²) in [5.74, 6) is 1.000. The highest BCUT2D eigenvalue weighted by Crippen LogP contribution is 2.34. The number of H-pyrrole nitrogens is 1. The summed E-state index contributed by atoms with van der Waals surface area (Å²) in [7, 11) is 0. The third-order valence-electron chi connectivity index (χ3n) is 3.34. The van der Waals surface area contributed by atoms with Gasteiger partial charge in [0, 0.05) is 12.5 Å². The highest BCUT2D eigenvalue weighted by molar-refractivity contribution is 5.86. The second-order valence-corrected chi connectivity index (χ2v) is 4.84. The van der Waals surface area contributed by atoms with Crippen molar-refractivity contribution in [2.45, 2.75) is 13.3 Å². The average molecular weight is 334 g/mol. The van der Waals surface area contributed by atoms with Crippen LogP contribution < -0.4 is 4.74 Å². The number of halogens is 1. The summed E-state index contributed by atoms with van der Waals surface area (Å²) in [6, 6.07) is 13.0. The second-order valence-electron chi connectivity index (χ2n) is 4.84. The van der Waals surface area contributed by atoms with E-state index in [1.165, 1.54) is 6.07 Å². The molecule has 1 heterocycles. The van der Waals surface area contributed by atoms with Gasteiger partial charge in [-0.15, -0.1) is 12.4 Å². The van der Waals surface area contributed by atoms with E-state index in [9.17, 15) is 10.1 Å². The van der Waals surface area contributed by atoms with Gasteiger partial charge >= 0.3 is 5.69 Å². The first-order chi connectivity index (χ1) is 10.7. The Hall–Kier alpha value is -2.60. The summed E-state index contributed by atoms with van der Waals surface area (Å²) < 4.78 is 5.46. The predicted molar refractivity (Wildman–Crippen MR) is 90.4 cm³/mol. The van der Waals surface area contributed by atoms with Crippen LogP contribution in [0.2, 0.25) is 0 Å². The predicted octanol–water partition coefficient (Wildman–Crippen LogP) is 3.88. The zero-order chi connectivity index (χ0) is 15.5. The zero-order valence-electron chi connectivity index (χ0n) is 12.5. The Morgan fingerprint density at radius 3 is 2.61 bits per heavy atom. The van der Waals surface area contributed by atoms with Gasteiger partial charge in [0.15, 0.2) is 0 Å². The van der Waals surface area contributed by atoms with Gasteiger partial charge in [-0.1, -0.05) is 30.3 Å². The van der Waals surface area contributed by atoms with E-state index in [4.69, 9.17) is 4.74 Å². The molecule has 0 bridgehead atoms. The number of aromatic nitrogens is 2. The summed E-state index contributed by atoms with van der Waals surface area (Å²) in [5.41, 5.74) is 2.31. The lowest BCUT2D eigenvalue weighted by Gasteiger charge is -2.04. The van der Waals surface area contributed by atoms with Crippen LogP contribution in [0.25, 0.3) is 11.0 Å². The molecule has 0 amide bonds. The van der Waals surface area contributed by atoms with E-state index in [1.54, 1.807) is 13.0 Å². The van der Waals surface area contributed by atoms with Crippen LogP contribution in [0.1, 0.15) is 18.3 Å². The molecule has 0 aliphatic carbocycles. The third kappa shape index (κ3) is 3.43. The number of nitrogens with zero attached hydrogens (tertiary/aromatic N) is 2. The van der Waals surface area contributed by atoms with Crippen molar-refractivity contribution < 1.29 is 9.66 Å². The molecule has 3 rings (SSSR count). The number of rotatable bonds is 5. The zero-order valence-corrected chi connectivity index (χ0v) is 13.3. The Morgan fingerprint density at radius 2 is 1.96 bits per heavy atom. The van der Waals surface area contributed by atoms with Gasteiger partial charge < -0.3 is 9.72 Å². The van der Waals surface area contributed by atoms with E-state index in [-0.39, 0.29) is 23.8 Å². The van der Waals surface area contributed by atoms with E-state index in [2.05, 4.69) is 9.97 Å². The Morgan fingerprint density at radius 1 is 1.22 bits per heavy atom. The molecule has 0 aliphatic heterocycles. The van der Waals surface area contributed by atoms with E-state index >= 15 is 0 Å². The van der Waals surface area contributed by atoms with Crippen LogP contribution in [0.5, 0.6) is 5.75 Å². The maximum Gasteiger partial charge on any atom is 0.313 e. The molecule has 0 saturated heterocycles. The van der Waals surface area contributed by atoms with E-state index in [0.717, 1.165) is 11.4 Å². The number of nitro benzene ring substituents is 1. The smallest absolute Gasteiger partial charge is 0.313 e. The van der Waals surface area contributed by atoms with Crippen molar-refractivity contribution in [3.63, 3.8) is 0 Å². The molecule has 2 aromatic carbocycles. The summed E-state index contributed by atoms with van der Waals surface area (Å²) in [6.07, 6.45) is 0.634. The molecule has 1 N–H and O–H groups in total. The number of fused-ring (bicyclic) bond motifs is 1. The number of hydrogen-bond donors (Lipinski definition) is 1. The van der Waals surface area contributed by atoms with Gasteiger partial charge in [0.1, 0.15) is 11.3 Å². The lowest BCUT2D eigenvalue weighted by Crippen LogP contribution is -1.98. The number of hydrogen-bond acceptors (Lipinski definition) is 4. The molecule has 0 fully saturated rings. The van der Waals surface area contributed by atoms with Crippen LogP contribution in [0, 0.1) is 10.1 Å². The highest BCUT2D eigenvalue weighted by atomic mass is 35.5. The van der Waals surface area contributed by atoms with E-state index < -0.39 is 4.92 Å². The number of benzene rings is 2. The van der Waals surface area contributed by atoms with Gasteiger partial charge in [-0.25, -0.2) is 4.98 Å². The Kier molecular flexibility index (Phi) is 5.18. The molecule has 1 aromatic heterocycles. The third-order valence-corrected chi connectivity index (χ3v) is 3.34. The lowest BCUT2D eigenvalue weighted by atomic mass is 10.1. The molecule has 0 radical (unpaired) electrons. The number of ether oxygens (including phenoxy) is 1. The first kappa shape index (κ1) is 16.8. The van der Waals surface area contributed by atoms with Crippen LogP contribution in [0.3, 0.4) is 0 Å². The lowest BCUT2D eigenvalue weighted by molar-refractivity contribution is -0.385. The summed E-state index contributed by atoms with van der Waals surface area (Å²) >= 11 is 0. The Labute approximate surface area is 139 Å². The fourth-order valence-corrected chi connectivity index (χ4v) is 2.40. The first-order valence-corrected chi connectivity index (χ1v) is 7.01. The minimum Gasteiger partial charge on any atom is -0.486 e. The first-order valence-electron chi connectivity index (χ1n) is 7.01. The molecule has 7 heteroatoms. The van der Waals surface area contributed by atoms with E-state index in [1.807, 2.05) is 30.3 Å². The fourth-order valence-electron chi connectivity index (χ4n) is 2.40. The van der Waals surface area contributed by atoms with Crippen molar-refractivity contribution in [3.05, 3.63) is 64.0 Å². The largest absolute Gasteiger partial charge is 0.486 e. The van der Waals surface area contributed by atoms with Gasteiger partial charge in [-0.2, -0.15) is 0 Å². The molecule has 120 valence electrons. The van der Waals surface area contributed by atoms with Gasteiger partial charge in [-0.3, -0.25) is 10.1 Å². The van der Waals surface area contributed by atoms with Crippen molar-refractivity contribution >= 4 is 29.1 Å².